The third-order valence-electron chi connectivity index (χ3n) is 4.19. The number of fused-ring (bicyclic) bond motifs is 1. The van der Waals surface area contributed by atoms with Crippen LogP contribution in [-0.4, -0.2) is 28.8 Å². The lowest BCUT2D eigenvalue weighted by Crippen LogP contribution is -2.52. The zero-order chi connectivity index (χ0) is 17.2. The van der Waals surface area contributed by atoms with Gasteiger partial charge in [-0.2, -0.15) is 0 Å². The monoisotopic (exact) mass is 327 g/mol. The molecule has 1 saturated carbocycles. The fraction of sp³-hybridized carbons (Fsp3) is 0.474. The molecule has 0 aliphatic heterocycles. The Morgan fingerprint density at radius 3 is 2.71 bits per heavy atom. The molecule has 24 heavy (non-hydrogen) atoms. The number of carbonyl (C=O) groups excluding carboxylic acids is 1. The van der Waals surface area contributed by atoms with Crippen molar-refractivity contribution < 1.29 is 9.53 Å². The summed E-state index contributed by atoms with van der Waals surface area (Å²) in [6.07, 6.45) is 5.34. The molecule has 2 aromatic rings. The van der Waals surface area contributed by atoms with Crippen LogP contribution in [0.1, 0.15) is 39.2 Å². The number of rotatable bonds is 4. The molecular weight excluding hydrogens is 302 g/mol. The van der Waals surface area contributed by atoms with E-state index in [4.69, 9.17) is 4.74 Å². The number of carbonyl (C=O) groups is 1. The molecule has 3 rings (SSSR count). The molecule has 2 N–H and O–H groups in total. The molecule has 1 aliphatic carbocycles. The Kier molecular flexibility index (Phi) is 4.71. The summed E-state index contributed by atoms with van der Waals surface area (Å²) in [6, 6.07) is 8.90. The second kappa shape index (κ2) is 6.77. The minimum atomic E-state index is -0.452. The van der Waals surface area contributed by atoms with Gasteiger partial charge in [0.15, 0.2) is 0 Å². The van der Waals surface area contributed by atoms with Crippen LogP contribution in [0.15, 0.2) is 36.7 Å². The molecular formula is C19H25N3O2. The van der Waals surface area contributed by atoms with Gasteiger partial charge in [-0.15, -0.1) is 0 Å². The molecule has 0 unspecified atom stereocenters. The molecule has 1 aromatic heterocycles. The van der Waals surface area contributed by atoms with Crippen LogP contribution in [0, 0.1) is 0 Å². The smallest absolute Gasteiger partial charge is 0.407 e. The van der Waals surface area contributed by atoms with Gasteiger partial charge in [-0.05, 0) is 44.6 Å². The number of nitrogens with one attached hydrogen (secondary N) is 2. The van der Waals surface area contributed by atoms with E-state index in [9.17, 15) is 4.79 Å². The molecule has 1 fully saturated rings. The maximum Gasteiger partial charge on any atom is 0.407 e. The summed E-state index contributed by atoms with van der Waals surface area (Å²) in [5, 5.41) is 8.86. The van der Waals surface area contributed by atoms with Crippen molar-refractivity contribution in [2.24, 2.45) is 0 Å². The van der Waals surface area contributed by atoms with Gasteiger partial charge in [-0.3, -0.25) is 4.98 Å². The Labute approximate surface area is 142 Å². The Bertz CT molecular complexity index is 713. The van der Waals surface area contributed by atoms with Crippen LogP contribution in [0.2, 0.25) is 0 Å². The molecule has 5 nitrogen and oxygen atoms in total. The van der Waals surface area contributed by atoms with Crippen LogP contribution in [-0.2, 0) is 11.3 Å². The number of aromatic nitrogens is 1. The van der Waals surface area contributed by atoms with Crippen molar-refractivity contribution in [2.45, 2.75) is 57.8 Å². The molecule has 0 bridgehead atoms. The van der Waals surface area contributed by atoms with E-state index >= 15 is 0 Å². The average Bonchev–Trinajstić information content (AvgIpc) is 2.47. The summed E-state index contributed by atoms with van der Waals surface area (Å²) in [4.78, 5) is 16.0. The van der Waals surface area contributed by atoms with Crippen LogP contribution in [0.4, 0.5) is 4.79 Å². The van der Waals surface area contributed by atoms with Crippen LogP contribution in [0.3, 0.4) is 0 Å². The van der Waals surface area contributed by atoms with Crippen molar-refractivity contribution in [3.05, 3.63) is 42.2 Å². The first kappa shape index (κ1) is 16.7. The topological polar surface area (TPSA) is 63.2 Å². The highest BCUT2D eigenvalue weighted by atomic mass is 16.6. The van der Waals surface area contributed by atoms with E-state index < -0.39 is 5.60 Å². The van der Waals surface area contributed by atoms with Gasteiger partial charge in [0.25, 0.3) is 0 Å². The lowest BCUT2D eigenvalue weighted by molar-refractivity contribution is 0.0465. The van der Waals surface area contributed by atoms with Crippen molar-refractivity contribution in [2.75, 3.05) is 0 Å². The minimum Gasteiger partial charge on any atom is -0.444 e. The normalized spacial score (nSPS) is 20.5. The van der Waals surface area contributed by atoms with Gasteiger partial charge in [0.1, 0.15) is 5.60 Å². The van der Waals surface area contributed by atoms with Gasteiger partial charge >= 0.3 is 6.09 Å². The van der Waals surface area contributed by atoms with Gasteiger partial charge in [0, 0.05) is 36.4 Å². The number of ether oxygens (including phenoxy) is 1. The van der Waals surface area contributed by atoms with Gasteiger partial charge in [-0.25, -0.2) is 4.79 Å². The van der Waals surface area contributed by atoms with Gasteiger partial charge in [-0.1, -0.05) is 24.3 Å². The zero-order valence-electron chi connectivity index (χ0n) is 14.5. The Balaban J connectivity index is 1.46. The number of benzene rings is 1. The predicted octanol–water partition coefficient (Wildman–Crippen LogP) is 3.38. The summed E-state index contributed by atoms with van der Waals surface area (Å²) in [6.45, 7) is 6.40. The Morgan fingerprint density at radius 1 is 1.21 bits per heavy atom. The Hall–Kier alpha value is -2.14. The molecule has 0 saturated heterocycles. The Morgan fingerprint density at radius 2 is 1.96 bits per heavy atom. The highest BCUT2D eigenvalue weighted by molar-refractivity contribution is 5.84. The highest BCUT2D eigenvalue weighted by Crippen LogP contribution is 2.22. The van der Waals surface area contributed by atoms with Gasteiger partial charge < -0.3 is 15.4 Å². The van der Waals surface area contributed by atoms with Crippen molar-refractivity contribution in [1.82, 2.24) is 15.6 Å². The second-order valence-electron chi connectivity index (χ2n) is 7.41. The van der Waals surface area contributed by atoms with Gasteiger partial charge in [0.05, 0.1) is 0 Å². The standard InChI is InChI=1S/C19H25N3O2/c1-19(2,3)24-18(23)22-16-8-15(9-16)21-12-14-11-20-10-13-6-4-5-7-17(13)14/h4-7,10-11,15-16,21H,8-9,12H2,1-3H3,(H,22,23). The fourth-order valence-corrected chi connectivity index (χ4v) is 2.95. The third-order valence-corrected chi connectivity index (χ3v) is 4.19. The van der Waals surface area contributed by atoms with E-state index in [0.29, 0.717) is 6.04 Å². The van der Waals surface area contributed by atoms with E-state index in [0.717, 1.165) is 24.8 Å². The molecule has 1 heterocycles. The third kappa shape index (κ3) is 4.23. The quantitative estimate of drug-likeness (QED) is 0.903. The summed E-state index contributed by atoms with van der Waals surface area (Å²) in [5.41, 5.74) is 0.754. The SMILES string of the molecule is CC(C)(C)OC(=O)NC1CC(NCc2cncc3ccccc23)C1. The summed E-state index contributed by atoms with van der Waals surface area (Å²) < 4.78 is 5.28. The first-order chi connectivity index (χ1) is 11.4. The van der Waals surface area contributed by atoms with Gasteiger partial charge in [0.2, 0.25) is 0 Å². The summed E-state index contributed by atoms with van der Waals surface area (Å²) in [5.74, 6) is 0. The first-order valence-corrected chi connectivity index (χ1v) is 8.45. The number of amides is 1. The minimum absolute atomic E-state index is 0.197. The molecule has 0 radical (unpaired) electrons. The molecule has 1 aliphatic rings. The largest absolute Gasteiger partial charge is 0.444 e. The van der Waals surface area contributed by atoms with Crippen molar-refractivity contribution in [1.29, 1.82) is 0 Å². The molecule has 1 aromatic carbocycles. The van der Waals surface area contributed by atoms with E-state index in [1.54, 1.807) is 0 Å². The van der Waals surface area contributed by atoms with E-state index in [1.807, 2.05) is 39.2 Å². The highest BCUT2D eigenvalue weighted by Gasteiger charge is 2.31. The van der Waals surface area contributed by atoms with Crippen LogP contribution < -0.4 is 10.6 Å². The van der Waals surface area contributed by atoms with Crippen LogP contribution >= 0.6 is 0 Å². The summed E-state index contributed by atoms with van der Waals surface area (Å²) >= 11 is 0. The predicted molar refractivity (Wildman–Crippen MR) is 94.8 cm³/mol. The average molecular weight is 327 g/mol. The molecule has 1 amide bonds. The zero-order valence-corrected chi connectivity index (χ0v) is 14.5. The van der Waals surface area contributed by atoms with Crippen molar-refractivity contribution >= 4 is 16.9 Å². The maximum atomic E-state index is 11.7. The summed E-state index contributed by atoms with van der Waals surface area (Å²) in [7, 11) is 0. The number of hydrogen-bond donors (Lipinski definition) is 2. The van der Waals surface area contributed by atoms with E-state index in [-0.39, 0.29) is 12.1 Å². The van der Waals surface area contributed by atoms with E-state index in [1.165, 1.54) is 10.9 Å². The fourth-order valence-electron chi connectivity index (χ4n) is 2.95. The lowest BCUT2D eigenvalue weighted by Gasteiger charge is -2.36. The molecule has 5 heteroatoms. The number of alkyl carbamates (subject to hydrolysis) is 1. The maximum absolute atomic E-state index is 11.7. The van der Waals surface area contributed by atoms with E-state index in [2.05, 4.69) is 33.8 Å². The van der Waals surface area contributed by atoms with Crippen LogP contribution in [0.25, 0.3) is 10.8 Å². The molecule has 0 atom stereocenters. The van der Waals surface area contributed by atoms with Crippen molar-refractivity contribution in [3.8, 4) is 0 Å². The second-order valence-corrected chi connectivity index (χ2v) is 7.41. The van der Waals surface area contributed by atoms with Crippen LogP contribution in [0.5, 0.6) is 0 Å². The number of hydrogen-bond acceptors (Lipinski definition) is 4. The lowest BCUT2D eigenvalue weighted by atomic mass is 9.86. The first-order valence-electron chi connectivity index (χ1n) is 8.45. The number of pyridine rings is 1. The number of nitrogens with zero attached hydrogens (tertiary/aromatic N) is 1. The molecule has 128 valence electrons. The van der Waals surface area contributed by atoms with Crippen molar-refractivity contribution in [3.63, 3.8) is 0 Å². The molecule has 0 spiro atoms.